The molecule has 0 saturated carbocycles. The zero-order valence-electron chi connectivity index (χ0n) is 13.9. The number of aryl methyl sites for hydroxylation is 2. The first-order valence-corrected chi connectivity index (χ1v) is 7.87. The molecule has 0 bridgehead atoms. The topological polar surface area (TPSA) is 38.3 Å². The van der Waals surface area contributed by atoms with Crippen LogP contribution in [0.3, 0.4) is 0 Å². The van der Waals surface area contributed by atoms with Gasteiger partial charge in [0.15, 0.2) is 6.10 Å². The summed E-state index contributed by atoms with van der Waals surface area (Å²) in [5.74, 6) is -0.00825. The van der Waals surface area contributed by atoms with Gasteiger partial charge in [0, 0.05) is 5.69 Å². The number of nitrogens with one attached hydrogen (secondary N) is 1. The maximum Gasteiger partial charge on any atom is 0.417 e. The molecule has 3 nitrogen and oxygen atoms in total. The van der Waals surface area contributed by atoms with Gasteiger partial charge in [0.1, 0.15) is 5.75 Å². The highest BCUT2D eigenvalue weighted by molar-refractivity contribution is 6.31. The van der Waals surface area contributed by atoms with Crippen LogP contribution in [-0.2, 0) is 11.0 Å². The SMILES string of the molecule is Cc1ccc(C)c(OC(C)C(=O)Nc2ccc(Cl)c(C(F)(F)F)c2)c1. The summed E-state index contributed by atoms with van der Waals surface area (Å²) in [6.07, 6.45) is -5.48. The fraction of sp³-hybridized carbons (Fsp3) is 0.278. The average Bonchev–Trinajstić information content (AvgIpc) is 2.51. The molecule has 1 N–H and O–H groups in total. The molecule has 0 spiro atoms. The first-order valence-electron chi connectivity index (χ1n) is 7.49. The van der Waals surface area contributed by atoms with Gasteiger partial charge in [-0.2, -0.15) is 13.2 Å². The van der Waals surface area contributed by atoms with Crippen LogP contribution in [0.25, 0.3) is 0 Å². The van der Waals surface area contributed by atoms with Crippen LogP contribution in [-0.4, -0.2) is 12.0 Å². The highest BCUT2D eigenvalue weighted by atomic mass is 35.5. The van der Waals surface area contributed by atoms with Gasteiger partial charge in [-0.15, -0.1) is 0 Å². The molecule has 134 valence electrons. The van der Waals surface area contributed by atoms with Gasteiger partial charge in [-0.3, -0.25) is 4.79 Å². The molecule has 7 heteroatoms. The van der Waals surface area contributed by atoms with Gasteiger partial charge < -0.3 is 10.1 Å². The van der Waals surface area contributed by atoms with Gasteiger partial charge >= 0.3 is 6.18 Å². The van der Waals surface area contributed by atoms with Crippen LogP contribution in [0.15, 0.2) is 36.4 Å². The molecule has 0 radical (unpaired) electrons. The van der Waals surface area contributed by atoms with Gasteiger partial charge in [0.25, 0.3) is 5.91 Å². The van der Waals surface area contributed by atoms with E-state index in [9.17, 15) is 18.0 Å². The number of rotatable bonds is 4. The Kier molecular flexibility index (Phi) is 5.62. The number of carbonyl (C=O) groups excluding carboxylic acids is 1. The second-order valence-corrected chi connectivity index (χ2v) is 6.12. The molecule has 0 aliphatic carbocycles. The monoisotopic (exact) mass is 371 g/mol. The third-order valence-corrected chi connectivity index (χ3v) is 3.89. The quantitative estimate of drug-likeness (QED) is 0.783. The lowest BCUT2D eigenvalue weighted by molar-refractivity contribution is -0.137. The summed E-state index contributed by atoms with van der Waals surface area (Å²) < 4.78 is 44.2. The standard InChI is InChI=1S/C18H17ClF3NO2/c1-10-4-5-11(2)16(8-10)25-12(3)17(24)23-13-6-7-15(19)14(9-13)18(20,21)22/h4-9,12H,1-3H3,(H,23,24). The summed E-state index contributed by atoms with van der Waals surface area (Å²) >= 11 is 5.56. The molecule has 0 aromatic heterocycles. The van der Waals surface area contributed by atoms with Crippen molar-refractivity contribution in [3.8, 4) is 5.75 Å². The maximum absolute atomic E-state index is 12.9. The number of hydrogen-bond acceptors (Lipinski definition) is 2. The first-order chi connectivity index (χ1) is 11.6. The fourth-order valence-electron chi connectivity index (χ4n) is 2.14. The molecule has 2 rings (SSSR count). The van der Waals surface area contributed by atoms with Gasteiger partial charge in [0.2, 0.25) is 0 Å². The van der Waals surface area contributed by atoms with E-state index in [-0.39, 0.29) is 5.69 Å². The lowest BCUT2D eigenvalue weighted by Crippen LogP contribution is -2.30. The van der Waals surface area contributed by atoms with Gasteiger partial charge in [-0.1, -0.05) is 23.7 Å². The Morgan fingerprint density at radius 2 is 1.84 bits per heavy atom. The van der Waals surface area contributed by atoms with E-state index >= 15 is 0 Å². The number of benzene rings is 2. The normalized spacial score (nSPS) is 12.6. The Labute approximate surface area is 148 Å². The van der Waals surface area contributed by atoms with Crippen LogP contribution >= 0.6 is 11.6 Å². The number of anilines is 1. The second-order valence-electron chi connectivity index (χ2n) is 5.71. The van der Waals surface area contributed by atoms with E-state index in [4.69, 9.17) is 16.3 Å². The molecule has 1 atom stereocenters. The minimum atomic E-state index is -4.60. The molecule has 1 unspecified atom stereocenters. The molecular formula is C18H17ClF3NO2. The molecule has 25 heavy (non-hydrogen) atoms. The molecule has 0 fully saturated rings. The third kappa shape index (κ3) is 4.89. The number of halogens is 4. The molecule has 0 aliphatic rings. The van der Waals surface area contributed by atoms with E-state index in [0.717, 1.165) is 23.3 Å². The van der Waals surface area contributed by atoms with E-state index in [2.05, 4.69) is 5.32 Å². The number of amides is 1. The van der Waals surface area contributed by atoms with E-state index < -0.39 is 28.8 Å². The number of carbonyl (C=O) groups is 1. The smallest absolute Gasteiger partial charge is 0.417 e. The van der Waals surface area contributed by atoms with Crippen molar-refractivity contribution in [3.05, 3.63) is 58.1 Å². The highest BCUT2D eigenvalue weighted by Crippen LogP contribution is 2.36. The van der Waals surface area contributed by atoms with Gasteiger partial charge in [-0.25, -0.2) is 0 Å². The second kappa shape index (κ2) is 7.35. The zero-order valence-corrected chi connectivity index (χ0v) is 14.6. The Morgan fingerprint density at radius 3 is 2.48 bits per heavy atom. The van der Waals surface area contributed by atoms with E-state index in [0.29, 0.717) is 5.75 Å². The van der Waals surface area contributed by atoms with Crippen molar-refractivity contribution in [1.29, 1.82) is 0 Å². The Hall–Kier alpha value is -2.21. The van der Waals surface area contributed by atoms with Crippen molar-refractivity contribution in [2.75, 3.05) is 5.32 Å². The predicted octanol–water partition coefficient (Wildman–Crippen LogP) is 5.38. The van der Waals surface area contributed by atoms with E-state index in [1.807, 2.05) is 26.0 Å². The van der Waals surface area contributed by atoms with Crippen LogP contribution < -0.4 is 10.1 Å². The summed E-state index contributed by atoms with van der Waals surface area (Å²) in [5, 5.41) is 1.99. The Morgan fingerprint density at radius 1 is 1.16 bits per heavy atom. The Balaban J connectivity index is 2.12. The summed E-state index contributed by atoms with van der Waals surface area (Å²) in [6, 6.07) is 8.77. The average molecular weight is 372 g/mol. The minimum Gasteiger partial charge on any atom is -0.481 e. The minimum absolute atomic E-state index is 0.00172. The summed E-state index contributed by atoms with van der Waals surface area (Å²) in [5.41, 5.74) is 0.824. The van der Waals surface area contributed by atoms with Crippen molar-refractivity contribution in [2.24, 2.45) is 0 Å². The highest BCUT2D eigenvalue weighted by Gasteiger charge is 2.33. The van der Waals surface area contributed by atoms with Crippen LogP contribution in [0.4, 0.5) is 18.9 Å². The van der Waals surface area contributed by atoms with E-state index in [1.54, 1.807) is 6.07 Å². The maximum atomic E-state index is 12.9. The molecule has 0 saturated heterocycles. The lowest BCUT2D eigenvalue weighted by atomic mass is 10.1. The van der Waals surface area contributed by atoms with Crippen LogP contribution in [0.1, 0.15) is 23.6 Å². The van der Waals surface area contributed by atoms with Crippen molar-refractivity contribution < 1.29 is 22.7 Å². The fourth-order valence-corrected chi connectivity index (χ4v) is 2.37. The molecule has 1 amide bonds. The molecule has 0 aliphatic heterocycles. The predicted molar refractivity (Wildman–Crippen MR) is 91.1 cm³/mol. The van der Waals surface area contributed by atoms with Gasteiger partial charge in [0.05, 0.1) is 10.6 Å². The Bertz CT molecular complexity index is 790. The van der Waals surface area contributed by atoms with Crippen molar-refractivity contribution >= 4 is 23.2 Å². The van der Waals surface area contributed by atoms with Crippen LogP contribution in [0.5, 0.6) is 5.75 Å². The lowest BCUT2D eigenvalue weighted by Gasteiger charge is -2.17. The third-order valence-electron chi connectivity index (χ3n) is 3.56. The number of ether oxygens (including phenoxy) is 1. The number of hydrogen-bond donors (Lipinski definition) is 1. The molecule has 2 aromatic rings. The molecule has 2 aromatic carbocycles. The van der Waals surface area contributed by atoms with E-state index in [1.165, 1.54) is 13.0 Å². The van der Waals surface area contributed by atoms with Crippen LogP contribution in [0.2, 0.25) is 5.02 Å². The first kappa shape index (κ1) is 19.1. The summed E-state index contributed by atoms with van der Waals surface area (Å²) in [6.45, 7) is 5.26. The van der Waals surface area contributed by atoms with Crippen molar-refractivity contribution in [3.63, 3.8) is 0 Å². The largest absolute Gasteiger partial charge is 0.481 e. The number of alkyl halides is 3. The molecule has 0 heterocycles. The summed E-state index contributed by atoms with van der Waals surface area (Å²) in [4.78, 5) is 12.2. The zero-order chi connectivity index (χ0) is 18.8. The summed E-state index contributed by atoms with van der Waals surface area (Å²) in [7, 11) is 0. The van der Waals surface area contributed by atoms with Crippen molar-refractivity contribution in [2.45, 2.75) is 33.1 Å². The van der Waals surface area contributed by atoms with Gasteiger partial charge in [-0.05, 0) is 56.2 Å². The van der Waals surface area contributed by atoms with Crippen molar-refractivity contribution in [1.82, 2.24) is 0 Å². The molecular weight excluding hydrogens is 355 g/mol. The van der Waals surface area contributed by atoms with Crippen LogP contribution in [0, 0.1) is 13.8 Å².